The number of hydrogen-bond donors (Lipinski definition) is 0. The zero-order valence-electron chi connectivity index (χ0n) is 10.1. The van der Waals surface area contributed by atoms with Crippen molar-refractivity contribution in [2.24, 2.45) is 0 Å². The van der Waals surface area contributed by atoms with Crippen molar-refractivity contribution in [1.29, 1.82) is 0 Å². The van der Waals surface area contributed by atoms with Crippen molar-refractivity contribution in [2.45, 2.75) is 6.92 Å². The van der Waals surface area contributed by atoms with Gasteiger partial charge in [0.2, 0.25) is 0 Å². The summed E-state index contributed by atoms with van der Waals surface area (Å²) in [6.45, 7) is 2.18. The highest BCUT2D eigenvalue weighted by Crippen LogP contribution is 2.29. The molecule has 0 aliphatic carbocycles. The third-order valence-electron chi connectivity index (χ3n) is 2.87. The number of anilines is 1. The molecule has 0 atom stereocenters. The molecule has 0 heterocycles. The Morgan fingerprint density at radius 1 is 0.812 bits per heavy atom. The fraction of sp³-hybridized carbons (Fsp3) is 0.200. The smallest absolute Gasteiger partial charge is 0.0396 e. The van der Waals surface area contributed by atoms with E-state index in [0.717, 1.165) is 0 Å². The van der Waals surface area contributed by atoms with Crippen LogP contribution >= 0.6 is 0 Å². The van der Waals surface area contributed by atoms with Crippen molar-refractivity contribution in [3.05, 3.63) is 54.1 Å². The summed E-state index contributed by atoms with van der Waals surface area (Å²) in [5, 5.41) is 0. The maximum Gasteiger partial charge on any atom is 0.0396 e. The van der Waals surface area contributed by atoms with E-state index in [9.17, 15) is 0 Å². The molecule has 82 valence electrons. The van der Waals surface area contributed by atoms with Crippen molar-refractivity contribution in [3.63, 3.8) is 0 Å². The Hall–Kier alpha value is -1.76. The summed E-state index contributed by atoms with van der Waals surface area (Å²) >= 11 is 0. The molecule has 0 spiro atoms. The molecule has 0 aromatic heterocycles. The van der Waals surface area contributed by atoms with Gasteiger partial charge in [0.15, 0.2) is 0 Å². The Morgan fingerprint density at radius 2 is 1.50 bits per heavy atom. The molecule has 0 aliphatic heterocycles. The number of rotatable bonds is 2. The SMILES string of the molecule is Cc1c(-c2ccccc2)cccc1N(C)C. The minimum Gasteiger partial charge on any atom is -0.377 e. The lowest BCUT2D eigenvalue weighted by Gasteiger charge is -2.18. The van der Waals surface area contributed by atoms with Crippen molar-refractivity contribution in [2.75, 3.05) is 19.0 Å². The molecule has 0 saturated heterocycles. The van der Waals surface area contributed by atoms with Crippen LogP contribution in [-0.2, 0) is 0 Å². The van der Waals surface area contributed by atoms with Crippen LogP contribution in [0.15, 0.2) is 48.5 Å². The molecule has 0 unspecified atom stereocenters. The van der Waals surface area contributed by atoms with E-state index in [-0.39, 0.29) is 0 Å². The molecule has 16 heavy (non-hydrogen) atoms. The van der Waals surface area contributed by atoms with E-state index < -0.39 is 0 Å². The first kappa shape index (κ1) is 10.7. The second-order valence-corrected chi connectivity index (χ2v) is 4.21. The Bertz CT molecular complexity index is 472. The summed E-state index contributed by atoms with van der Waals surface area (Å²) < 4.78 is 0. The van der Waals surface area contributed by atoms with Gasteiger partial charge in [-0.2, -0.15) is 0 Å². The third-order valence-corrected chi connectivity index (χ3v) is 2.87. The van der Waals surface area contributed by atoms with Crippen LogP contribution in [0.1, 0.15) is 5.56 Å². The summed E-state index contributed by atoms with van der Waals surface area (Å²) in [4.78, 5) is 2.15. The van der Waals surface area contributed by atoms with Crippen LogP contribution in [0.5, 0.6) is 0 Å². The van der Waals surface area contributed by atoms with Crippen LogP contribution in [0.2, 0.25) is 0 Å². The van der Waals surface area contributed by atoms with E-state index in [1.807, 2.05) is 0 Å². The molecule has 1 nitrogen and oxygen atoms in total. The van der Waals surface area contributed by atoms with Gasteiger partial charge in [-0.25, -0.2) is 0 Å². The van der Waals surface area contributed by atoms with Crippen molar-refractivity contribution < 1.29 is 0 Å². The second kappa shape index (κ2) is 4.40. The van der Waals surface area contributed by atoms with Crippen LogP contribution in [0.3, 0.4) is 0 Å². The first-order chi connectivity index (χ1) is 7.70. The van der Waals surface area contributed by atoms with Crippen LogP contribution in [0, 0.1) is 6.92 Å². The number of hydrogen-bond acceptors (Lipinski definition) is 1. The average molecular weight is 211 g/mol. The largest absolute Gasteiger partial charge is 0.377 e. The fourth-order valence-electron chi connectivity index (χ4n) is 2.04. The maximum atomic E-state index is 2.18. The van der Waals surface area contributed by atoms with Gasteiger partial charge in [0.1, 0.15) is 0 Å². The van der Waals surface area contributed by atoms with Crippen LogP contribution in [0.25, 0.3) is 11.1 Å². The fourth-order valence-corrected chi connectivity index (χ4v) is 2.04. The highest BCUT2D eigenvalue weighted by Gasteiger charge is 2.06. The predicted octanol–water partition coefficient (Wildman–Crippen LogP) is 3.73. The van der Waals surface area contributed by atoms with Gasteiger partial charge < -0.3 is 4.90 Å². The topological polar surface area (TPSA) is 3.24 Å². The second-order valence-electron chi connectivity index (χ2n) is 4.21. The molecular weight excluding hydrogens is 194 g/mol. The Balaban J connectivity index is 2.55. The van der Waals surface area contributed by atoms with Crippen LogP contribution < -0.4 is 4.90 Å². The molecule has 2 aromatic carbocycles. The molecule has 1 heteroatoms. The zero-order chi connectivity index (χ0) is 11.5. The monoisotopic (exact) mass is 211 g/mol. The van der Waals surface area contributed by atoms with Gasteiger partial charge in [-0.1, -0.05) is 42.5 Å². The molecule has 0 saturated carbocycles. The van der Waals surface area contributed by atoms with Crippen molar-refractivity contribution >= 4 is 5.69 Å². The van der Waals surface area contributed by atoms with E-state index in [2.05, 4.69) is 74.4 Å². The van der Waals surface area contributed by atoms with E-state index in [1.54, 1.807) is 0 Å². The van der Waals surface area contributed by atoms with Gasteiger partial charge >= 0.3 is 0 Å². The molecule has 2 aromatic rings. The molecule has 0 amide bonds. The van der Waals surface area contributed by atoms with Gasteiger partial charge in [-0.15, -0.1) is 0 Å². The van der Waals surface area contributed by atoms with Gasteiger partial charge in [0.25, 0.3) is 0 Å². The Kier molecular flexibility index (Phi) is 2.95. The highest BCUT2D eigenvalue weighted by molar-refractivity contribution is 5.73. The lowest BCUT2D eigenvalue weighted by atomic mass is 9.99. The average Bonchev–Trinajstić information content (AvgIpc) is 2.30. The summed E-state index contributed by atoms with van der Waals surface area (Å²) in [6.07, 6.45) is 0. The Morgan fingerprint density at radius 3 is 2.12 bits per heavy atom. The first-order valence-electron chi connectivity index (χ1n) is 5.52. The molecule has 0 N–H and O–H groups in total. The molecule has 0 bridgehead atoms. The summed E-state index contributed by atoms with van der Waals surface area (Å²) in [7, 11) is 4.16. The lowest BCUT2D eigenvalue weighted by Crippen LogP contribution is -2.10. The Labute approximate surface area is 97.3 Å². The maximum absolute atomic E-state index is 2.18. The normalized spacial score (nSPS) is 10.2. The van der Waals surface area contributed by atoms with Gasteiger partial charge in [-0.3, -0.25) is 0 Å². The highest BCUT2D eigenvalue weighted by atomic mass is 15.1. The van der Waals surface area contributed by atoms with Crippen molar-refractivity contribution in [1.82, 2.24) is 0 Å². The standard InChI is InChI=1S/C15H17N/c1-12-14(13-8-5-4-6-9-13)10-7-11-15(12)16(2)3/h4-11H,1-3H3. The molecule has 2 rings (SSSR count). The van der Waals surface area contributed by atoms with Gasteiger partial charge in [0, 0.05) is 19.8 Å². The lowest BCUT2D eigenvalue weighted by molar-refractivity contribution is 1.12. The van der Waals surface area contributed by atoms with Crippen LogP contribution in [0.4, 0.5) is 5.69 Å². The van der Waals surface area contributed by atoms with E-state index >= 15 is 0 Å². The summed E-state index contributed by atoms with van der Waals surface area (Å²) in [5.41, 5.74) is 5.20. The first-order valence-corrected chi connectivity index (χ1v) is 5.52. The minimum absolute atomic E-state index is 1.28. The summed E-state index contributed by atoms with van der Waals surface area (Å²) in [6, 6.07) is 17.0. The number of benzene rings is 2. The number of nitrogens with zero attached hydrogens (tertiary/aromatic N) is 1. The predicted molar refractivity (Wildman–Crippen MR) is 70.9 cm³/mol. The van der Waals surface area contributed by atoms with Crippen LogP contribution in [-0.4, -0.2) is 14.1 Å². The third kappa shape index (κ3) is 1.94. The minimum atomic E-state index is 1.28. The van der Waals surface area contributed by atoms with E-state index in [0.29, 0.717) is 0 Å². The van der Waals surface area contributed by atoms with E-state index in [1.165, 1.54) is 22.4 Å². The molecule has 0 radical (unpaired) electrons. The quantitative estimate of drug-likeness (QED) is 0.731. The molecule has 0 aliphatic rings. The molecule has 0 fully saturated rings. The van der Waals surface area contributed by atoms with E-state index in [4.69, 9.17) is 0 Å². The zero-order valence-corrected chi connectivity index (χ0v) is 10.1. The van der Waals surface area contributed by atoms with Gasteiger partial charge in [0.05, 0.1) is 0 Å². The summed E-state index contributed by atoms with van der Waals surface area (Å²) in [5.74, 6) is 0. The van der Waals surface area contributed by atoms with Crippen molar-refractivity contribution in [3.8, 4) is 11.1 Å². The molecular formula is C15H17N. The van der Waals surface area contributed by atoms with Gasteiger partial charge in [-0.05, 0) is 29.7 Å².